The van der Waals surface area contributed by atoms with Crippen LogP contribution in [0.4, 0.5) is 0 Å². The molecule has 180 valence electrons. The van der Waals surface area contributed by atoms with E-state index >= 15 is 0 Å². The van der Waals surface area contributed by atoms with Crippen molar-refractivity contribution in [2.45, 2.75) is 77.0 Å². The van der Waals surface area contributed by atoms with Gasteiger partial charge >= 0.3 is 5.97 Å². The molecule has 0 aliphatic rings. The summed E-state index contributed by atoms with van der Waals surface area (Å²) in [5, 5.41) is 14.0. The summed E-state index contributed by atoms with van der Waals surface area (Å²) in [5.41, 5.74) is 0. The Balaban J connectivity index is 3.23. The summed E-state index contributed by atoms with van der Waals surface area (Å²) in [4.78, 5) is 43.5. The highest BCUT2D eigenvalue weighted by Gasteiger charge is 2.02. The first kappa shape index (κ1) is 29.0. The average molecular weight is 445 g/mol. The molecule has 3 N–H and O–H groups in total. The van der Waals surface area contributed by atoms with Gasteiger partial charge in [0, 0.05) is 38.8 Å². The molecule has 0 saturated carbocycles. The van der Waals surface area contributed by atoms with Crippen LogP contribution in [0.15, 0.2) is 0 Å². The Morgan fingerprint density at radius 3 is 1.58 bits per heavy atom. The zero-order chi connectivity index (χ0) is 23.0. The summed E-state index contributed by atoms with van der Waals surface area (Å²) in [6, 6.07) is 0. The molecular formula is C22H40N2O7. The van der Waals surface area contributed by atoms with Gasteiger partial charge in [0.2, 0.25) is 11.8 Å². The number of carbonyl (C=O) groups excluding carboxylic acids is 3. The molecule has 0 aliphatic heterocycles. The van der Waals surface area contributed by atoms with Crippen LogP contribution in [-0.2, 0) is 28.7 Å². The summed E-state index contributed by atoms with van der Waals surface area (Å²) in [5.74, 6) is -0.839. The Morgan fingerprint density at radius 1 is 0.645 bits per heavy atom. The molecule has 0 spiro atoms. The van der Waals surface area contributed by atoms with Gasteiger partial charge < -0.3 is 30.0 Å². The highest BCUT2D eigenvalue weighted by Crippen LogP contribution is 2.10. The Kier molecular flexibility index (Phi) is 21.2. The van der Waals surface area contributed by atoms with Gasteiger partial charge in [-0.1, -0.05) is 38.5 Å². The van der Waals surface area contributed by atoms with Crippen molar-refractivity contribution in [3.05, 3.63) is 0 Å². The second-order valence-electron chi connectivity index (χ2n) is 7.35. The third kappa shape index (κ3) is 24.1. The lowest BCUT2D eigenvalue weighted by molar-refractivity contribution is -0.137. The first-order valence-corrected chi connectivity index (χ1v) is 11.4. The van der Waals surface area contributed by atoms with Crippen LogP contribution in [0.1, 0.15) is 77.0 Å². The van der Waals surface area contributed by atoms with Crippen molar-refractivity contribution < 1.29 is 33.8 Å². The van der Waals surface area contributed by atoms with Gasteiger partial charge in [0.25, 0.3) is 0 Å². The highest BCUT2D eigenvalue weighted by molar-refractivity contribution is 5.78. The molecule has 0 aromatic carbocycles. The number of amides is 2. The quantitative estimate of drug-likeness (QED) is 0.163. The molecule has 0 aromatic rings. The maximum atomic E-state index is 11.7. The largest absolute Gasteiger partial charge is 0.481 e. The number of carboxylic acid groups (broad SMARTS) is 1. The Bertz CT molecular complexity index is 486. The number of unbranched alkanes of at least 4 members (excludes halogenated alkanes) is 7. The lowest BCUT2D eigenvalue weighted by Gasteiger charge is -2.08. The predicted molar refractivity (Wildman–Crippen MR) is 117 cm³/mol. The molecule has 9 heteroatoms. The number of rotatable bonds is 23. The molecule has 0 unspecified atom stereocenters. The second kappa shape index (κ2) is 22.7. The van der Waals surface area contributed by atoms with Gasteiger partial charge in [0.1, 0.15) is 6.29 Å². The molecule has 0 aromatic heterocycles. The SMILES string of the molecule is O=CCCC(=O)NCCOCCOCCNC(=O)CCCCCCCCCCC(=O)O. The van der Waals surface area contributed by atoms with Gasteiger partial charge in [0.05, 0.1) is 26.4 Å². The minimum atomic E-state index is -0.720. The molecule has 0 radical (unpaired) electrons. The fourth-order valence-corrected chi connectivity index (χ4v) is 2.84. The first-order chi connectivity index (χ1) is 15.1. The number of hydrogen-bond donors (Lipinski definition) is 3. The molecule has 0 heterocycles. The number of nitrogens with one attached hydrogen (secondary N) is 2. The van der Waals surface area contributed by atoms with E-state index in [1.54, 1.807) is 0 Å². The predicted octanol–water partition coefficient (Wildman–Crippen LogP) is 2.22. The van der Waals surface area contributed by atoms with E-state index < -0.39 is 5.97 Å². The van der Waals surface area contributed by atoms with E-state index in [1.165, 1.54) is 0 Å². The summed E-state index contributed by atoms with van der Waals surface area (Å²) >= 11 is 0. The Hall–Kier alpha value is -2.00. The minimum absolute atomic E-state index is 0.0406. The van der Waals surface area contributed by atoms with Gasteiger partial charge in [-0.2, -0.15) is 0 Å². The normalized spacial score (nSPS) is 10.6. The molecule has 2 amide bonds. The molecule has 31 heavy (non-hydrogen) atoms. The average Bonchev–Trinajstić information content (AvgIpc) is 2.74. The third-order valence-corrected chi connectivity index (χ3v) is 4.54. The van der Waals surface area contributed by atoms with E-state index in [9.17, 15) is 19.2 Å². The molecule has 0 aliphatic carbocycles. The van der Waals surface area contributed by atoms with Crippen molar-refractivity contribution in [1.82, 2.24) is 10.6 Å². The van der Waals surface area contributed by atoms with Gasteiger partial charge in [-0.25, -0.2) is 0 Å². The smallest absolute Gasteiger partial charge is 0.303 e. The molecule has 9 nitrogen and oxygen atoms in total. The van der Waals surface area contributed by atoms with Crippen molar-refractivity contribution in [2.75, 3.05) is 39.5 Å². The zero-order valence-electron chi connectivity index (χ0n) is 18.7. The van der Waals surface area contributed by atoms with Crippen LogP contribution in [0.2, 0.25) is 0 Å². The Labute approximate surface area is 185 Å². The zero-order valence-corrected chi connectivity index (χ0v) is 18.7. The van der Waals surface area contributed by atoms with Crippen LogP contribution in [-0.4, -0.2) is 68.7 Å². The van der Waals surface area contributed by atoms with Crippen molar-refractivity contribution in [3.8, 4) is 0 Å². The fraction of sp³-hybridized carbons (Fsp3) is 0.818. The molecule has 0 fully saturated rings. The number of aliphatic carboxylic acids is 1. The summed E-state index contributed by atoms with van der Waals surface area (Å²) < 4.78 is 10.7. The fourth-order valence-electron chi connectivity index (χ4n) is 2.84. The van der Waals surface area contributed by atoms with Crippen molar-refractivity contribution in [2.24, 2.45) is 0 Å². The van der Waals surface area contributed by atoms with Crippen LogP contribution < -0.4 is 10.6 Å². The second-order valence-corrected chi connectivity index (χ2v) is 7.35. The van der Waals surface area contributed by atoms with Crippen molar-refractivity contribution in [1.29, 1.82) is 0 Å². The van der Waals surface area contributed by atoms with E-state index in [2.05, 4.69) is 10.6 Å². The van der Waals surface area contributed by atoms with E-state index in [4.69, 9.17) is 14.6 Å². The van der Waals surface area contributed by atoms with Gasteiger partial charge in [-0.3, -0.25) is 14.4 Å². The van der Waals surface area contributed by atoms with Gasteiger partial charge in [-0.05, 0) is 12.8 Å². The molecule has 0 saturated heterocycles. The van der Waals surface area contributed by atoms with E-state index in [-0.39, 0.29) is 31.1 Å². The summed E-state index contributed by atoms with van der Waals surface area (Å²) in [6.07, 6.45) is 10.1. The monoisotopic (exact) mass is 444 g/mol. The highest BCUT2D eigenvalue weighted by atomic mass is 16.5. The summed E-state index contributed by atoms with van der Waals surface area (Å²) in [6.45, 7) is 2.53. The van der Waals surface area contributed by atoms with Crippen LogP contribution >= 0.6 is 0 Å². The number of carbonyl (C=O) groups is 4. The third-order valence-electron chi connectivity index (χ3n) is 4.54. The number of ether oxygens (including phenoxy) is 2. The maximum absolute atomic E-state index is 11.7. The molecule has 0 bridgehead atoms. The van der Waals surface area contributed by atoms with Gasteiger partial charge in [0.15, 0.2) is 0 Å². The molecule has 0 atom stereocenters. The van der Waals surface area contributed by atoms with Crippen LogP contribution in [0.5, 0.6) is 0 Å². The Morgan fingerprint density at radius 2 is 1.10 bits per heavy atom. The van der Waals surface area contributed by atoms with E-state index in [0.29, 0.717) is 45.9 Å². The lowest BCUT2D eigenvalue weighted by atomic mass is 10.1. The van der Waals surface area contributed by atoms with Crippen LogP contribution in [0.25, 0.3) is 0 Å². The maximum Gasteiger partial charge on any atom is 0.303 e. The molecular weight excluding hydrogens is 404 g/mol. The van der Waals surface area contributed by atoms with Gasteiger partial charge in [-0.15, -0.1) is 0 Å². The number of hydrogen-bond acceptors (Lipinski definition) is 6. The van der Waals surface area contributed by atoms with Crippen molar-refractivity contribution >= 4 is 24.1 Å². The minimum Gasteiger partial charge on any atom is -0.481 e. The standard InChI is InChI=1S/C22H40N2O7/c25-15-9-11-21(27)24-14-17-31-19-18-30-16-13-23-20(26)10-7-5-3-1-2-4-6-8-12-22(28)29/h15H,1-14,16-19H2,(H,23,26)(H,24,27)(H,28,29). The van der Waals surface area contributed by atoms with E-state index in [1.807, 2.05) is 0 Å². The van der Waals surface area contributed by atoms with Crippen LogP contribution in [0.3, 0.4) is 0 Å². The topological polar surface area (TPSA) is 131 Å². The van der Waals surface area contributed by atoms with Crippen LogP contribution in [0, 0.1) is 0 Å². The number of carboxylic acids is 1. The first-order valence-electron chi connectivity index (χ1n) is 11.4. The van der Waals surface area contributed by atoms with E-state index in [0.717, 1.165) is 57.7 Å². The summed E-state index contributed by atoms with van der Waals surface area (Å²) in [7, 11) is 0. The lowest BCUT2D eigenvalue weighted by Crippen LogP contribution is -2.28. The van der Waals surface area contributed by atoms with Crippen molar-refractivity contribution in [3.63, 3.8) is 0 Å². The molecule has 0 rings (SSSR count). The number of aldehydes is 1.